The van der Waals surface area contributed by atoms with Gasteiger partial charge in [-0.25, -0.2) is 4.98 Å². The van der Waals surface area contributed by atoms with Gasteiger partial charge in [0.1, 0.15) is 0 Å². The van der Waals surface area contributed by atoms with Gasteiger partial charge in [-0.15, -0.1) is 0 Å². The smallest absolute Gasteiger partial charge is 0.203 e. The summed E-state index contributed by atoms with van der Waals surface area (Å²) >= 11 is 1.76. The average Bonchev–Trinajstić information content (AvgIpc) is 2.97. The second kappa shape index (κ2) is 4.18. The lowest BCUT2D eigenvalue weighted by Gasteiger charge is -2.08. The number of nitrogens with zero attached hydrogens (tertiary/aromatic N) is 2. The lowest BCUT2D eigenvalue weighted by atomic mass is 10.2. The lowest BCUT2D eigenvalue weighted by Crippen LogP contribution is -2.06. The molecule has 0 radical (unpaired) electrons. The fourth-order valence-corrected chi connectivity index (χ4v) is 2.88. The van der Waals surface area contributed by atoms with E-state index in [-0.39, 0.29) is 0 Å². The maximum absolute atomic E-state index is 4.56. The zero-order chi connectivity index (χ0) is 11.8. The standard InChI is InChI=1S/C13H17N3S/c1-9-7-17-8-11(9)5-14-13-15-10(2)6-16(13)12-3-4-12/h6-8,12H,3-5H2,1-2H3,(H,14,15). The third-order valence-corrected chi connectivity index (χ3v) is 4.10. The molecular formula is C13H17N3S. The molecule has 2 heterocycles. The monoisotopic (exact) mass is 247 g/mol. The molecule has 0 aromatic carbocycles. The largest absolute Gasteiger partial charge is 0.352 e. The second-order valence-electron chi connectivity index (χ2n) is 4.78. The molecule has 90 valence electrons. The molecule has 0 amide bonds. The molecule has 0 aliphatic heterocycles. The van der Waals surface area contributed by atoms with E-state index in [2.05, 4.69) is 45.7 Å². The maximum Gasteiger partial charge on any atom is 0.203 e. The summed E-state index contributed by atoms with van der Waals surface area (Å²) in [6, 6.07) is 0.683. The molecule has 17 heavy (non-hydrogen) atoms. The molecule has 0 saturated heterocycles. The first-order valence-electron chi connectivity index (χ1n) is 6.05. The van der Waals surface area contributed by atoms with Crippen LogP contribution in [0.25, 0.3) is 0 Å². The van der Waals surface area contributed by atoms with Gasteiger partial charge in [0.25, 0.3) is 0 Å². The number of aryl methyl sites for hydroxylation is 2. The van der Waals surface area contributed by atoms with Crippen molar-refractivity contribution in [1.82, 2.24) is 9.55 Å². The van der Waals surface area contributed by atoms with Gasteiger partial charge in [-0.1, -0.05) is 0 Å². The van der Waals surface area contributed by atoms with Crippen LogP contribution in [-0.4, -0.2) is 9.55 Å². The van der Waals surface area contributed by atoms with Gasteiger partial charge in [-0.3, -0.25) is 0 Å². The van der Waals surface area contributed by atoms with E-state index in [1.165, 1.54) is 24.0 Å². The highest BCUT2D eigenvalue weighted by molar-refractivity contribution is 7.08. The molecule has 2 aromatic heterocycles. The van der Waals surface area contributed by atoms with E-state index in [0.717, 1.165) is 18.2 Å². The van der Waals surface area contributed by atoms with Gasteiger partial charge in [0.05, 0.1) is 5.69 Å². The van der Waals surface area contributed by atoms with Crippen LogP contribution in [0.15, 0.2) is 17.0 Å². The van der Waals surface area contributed by atoms with Crippen LogP contribution in [-0.2, 0) is 6.54 Å². The summed E-state index contributed by atoms with van der Waals surface area (Å²) in [4.78, 5) is 4.56. The highest BCUT2D eigenvalue weighted by atomic mass is 32.1. The van der Waals surface area contributed by atoms with Crippen LogP contribution in [0, 0.1) is 13.8 Å². The summed E-state index contributed by atoms with van der Waals surface area (Å²) in [7, 11) is 0. The molecule has 4 heteroatoms. The molecule has 3 nitrogen and oxygen atoms in total. The van der Waals surface area contributed by atoms with Gasteiger partial charge in [-0.05, 0) is 48.6 Å². The van der Waals surface area contributed by atoms with Crippen LogP contribution < -0.4 is 5.32 Å². The topological polar surface area (TPSA) is 29.9 Å². The molecule has 0 atom stereocenters. The van der Waals surface area contributed by atoms with E-state index >= 15 is 0 Å². The predicted octanol–water partition coefficient (Wildman–Crippen LogP) is 3.51. The number of imidazole rings is 1. The Morgan fingerprint density at radius 1 is 1.41 bits per heavy atom. The summed E-state index contributed by atoms with van der Waals surface area (Å²) in [5.41, 5.74) is 3.84. The van der Waals surface area contributed by atoms with Crippen LogP contribution in [0.2, 0.25) is 0 Å². The zero-order valence-electron chi connectivity index (χ0n) is 10.2. The van der Waals surface area contributed by atoms with E-state index < -0.39 is 0 Å². The Bertz CT molecular complexity index is 523. The zero-order valence-corrected chi connectivity index (χ0v) is 11.0. The van der Waals surface area contributed by atoms with E-state index in [0.29, 0.717) is 6.04 Å². The molecule has 1 N–H and O–H groups in total. The summed E-state index contributed by atoms with van der Waals surface area (Å²) in [6.07, 6.45) is 4.74. The highest BCUT2D eigenvalue weighted by Crippen LogP contribution is 2.37. The molecule has 0 unspecified atom stereocenters. The molecule has 1 saturated carbocycles. The van der Waals surface area contributed by atoms with Crippen molar-refractivity contribution in [2.24, 2.45) is 0 Å². The van der Waals surface area contributed by atoms with Crippen molar-refractivity contribution in [1.29, 1.82) is 0 Å². The normalized spacial score (nSPS) is 15.2. The Labute approximate surface area is 106 Å². The van der Waals surface area contributed by atoms with Crippen LogP contribution >= 0.6 is 11.3 Å². The molecule has 1 aliphatic rings. The summed E-state index contributed by atoms with van der Waals surface area (Å²) in [6.45, 7) is 5.09. The number of rotatable bonds is 4. The number of aromatic nitrogens is 2. The van der Waals surface area contributed by atoms with Gasteiger partial charge in [-0.2, -0.15) is 11.3 Å². The van der Waals surface area contributed by atoms with Crippen LogP contribution in [0.1, 0.15) is 35.7 Å². The van der Waals surface area contributed by atoms with Crippen molar-refractivity contribution in [2.75, 3.05) is 5.32 Å². The van der Waals surface area contributed by atoms with Gasteiger partial charge in [0, 0.05) is 18.8 Å². The molecule has 0 spiro atoms. The van der Waals surface area contributed by atoms with E-state index in [4.69, 9.17) is 0 Å². The molecule has 2 aromatic rings. The minimum absolute atomic E-state index is 0.683. The van der Waals surface area contributed by atoms with E-state index in [1.54, 1.807) is 11.3 Å². The van der Waals surface area contributed by atoms with Crippen molar-refractivity contribution in [3.8, 4) is 0 Å². The molecule has 0 bridgehead atoms. The van der Waals surface area contributed by atoms with E-state index in [1.807, 2.05) is 0 Å². The molecular weight excluding hydrogens is 230 g/mol. The number of nitrogens with one attached hydrogen (secondary N) is 1. The van der Waals surface area contributed by atoms with Crippen molar-refractivity contribution in [3.05, 3.63) is 33.8 Å². The third kappa shape index (κ3) is 2.22. The van der Waals surface area contributed by atoms with Crippen molar-refractivity contribution in [3.63, 3.8) is 0 Å². The van der Waals surface area contributed by atoms with Gasteiger partial charge >= 0.3 is 0 Å². The number of thiophene rings is 1. The Hall–Kier alpha value is -1.29. The first-order valence-corrected chi connectivity index (χ1v) is 6.99. The quantitative estimate of drug-likeness (QED) is 0.896. The Morgan fingerprint density at radius 2 is 2.24 bits per heavy atom. The third-order valence-electron chi connectivity index (χ3n) is 3.19. The molecule has 1 fully saturated rings. The molecule has 1 aliphatic carbocycles. The van der Waals surface area contributed by atoms with Crippen LogP contribution in [0.5, 0.6) is 0 Å². The van der Waals surface area contributed by atoms with Crippen molar-refractivity contribution in [2.45, 2.75) is 39.3 Å². The minimum atomic E-state index is 0.683. The maximum atomic E-state index is 4.56. The average molecular weight is 247 g/mol. The van der Waals surface area contributed by atoms with Crippen LogP contribution in [0.3, 0.4) is 0 Å². The minimum Gasteiger partial charge on any atom is -0.352 e. The van der Waals surface area contributed by atoms with Gasteiger partial charge in [0.15, 0.2) is 0 Å². The Balaban J connectivity index is 1.74. The Morgan fingerprint density at radius 3 is 2.88 bits per heavy atom. The first-order chi connectivity index (χ1) is 8.24. The first kappa shape index (κ1) is 10.8. The van der Waals surface area contributed by atoms with Crippen LogP contribution in [0.4, 0.5) is 5.95 Å². The van der Waals surface area contributed by atoms with Crippen molar-refractivity contribution < 1.29 is 0 Å². The molecule has 3 rings (SSSR count). The van der Waals surface area contributed by atoms with Crippen molar-refractivity contribution >= 4 is 17.3 Å². The number of hydrogen-bond donors (Lipinski definition) is 1. The second-order valence-corrected chi connectivity index (χ2v) is 5.52. The summed E-state index contributed by atoms with van der Waals surface area (Å²) in [5.74, 6) is 1.02. The number of hydrogen-bond acceptors (Lipinski definition) is 3. The van der Waals surface area contributed by atoms with Gasteiger partial charge in [0.2, 0.25) is 5.95 Å². The summed E-state index contributed by atoms with van der Waals surface area (Å²) < 4.78 is 2.29. The lowest BCUT2D eigenvalue weighted by molar-refractivity contribution is 0.742. The van der Waals surface area contributed by atoms with Gasteiger partial charge < -0.3 is 9.88 Å². The predicted molar refractivity (Wildman–Crippen MR) is 71.6 cm³/mol. The fraction of sp³-hybridized carbons (Fsp3) is 0.462. The Kier molecular flexibility index (Phi) is 2.67. The fourth-order valence-electron chi connectivity index (χ4n) is 2.02. The van der Waals surface area contributed by atoms with E-state index in [9.17, 15) is 0 Å². The summed E-state index contributed by atoms with van der Waals surface area (Å²) in [5, 5.41) is 7.86. The highest BCUT2D eigenvalue weighted by Gasteiger charge is 2.26. The number of anilines is 1. The SMILES string of the molecule is Cc1cn(C2CC2)c(NCc2cscc2C)n1.